The monoisotopic (exact) mass is 500 g/mol. The number of unbranched alkanes of at least 4 members (excludes halogenated alkanes) is 1. The van der Waals surface area contributed by atoms with Crippen molar-refractivity contribution in [3.63, 3.8) is 0 Å². The Labute approximate surface area is 202 Å². The van der Waals surface area contributed by atoms with Gasteiger partial charge in [0.25, 0.3) is 5.69 Å². The van der Waals surface area contributed by atoms with Gasteiger partial charge in [-0.3, -0.25) is 24.5 Å². The molecule has 12 nitrogen and oxygen atoms in total. The van der Waals surface area contributed by atoms with E-state index in [1.807, 2.05) is 6.92 Å². The molecule has 0 aliphatic heterocycles. The number of carbonyl (C=O) groups excluding carboxylic acids is 3. The molecule has 2 atom stereocenters. The first kappa shape index (κ1) is 29.3. The van der Waals surface area contributed by atoms with Gasteiger partial charge in [-0.2, -0.15) is 0 Å². The lowest BCUT2D eigenvalue weighted by atomic mass is 10.2. The standard InChI is InChI=1S/C21H32N4O8S/c1-4-5-12-33-19(26)10-11-22-13-15(20(27)31-2)23-14-16(21(28)32-3)24-34-18-9-7-6-8-17(18)25(29)30/h6-9,15-16,22-24H,4-5,10-14H2,1-3H3. The molecule has 0 saturated heterocycles. The number of nitrogens with zero attached hydrogens (tertiary/aromatic N) is 1. The molecule has 1 aromatic rings. The SMILES string of the molecule is CCCCOC(=O)CCNCC(NCC(NSc1ccccc1[N+](=O)[O-])C(=O)OC)C(=O)OC. The van der Waals surface area contributed by atoms with Gasteiger partial charge in [-0.15, -0.1) is 0 Å². The maximum atomic E-state index is 12.2. The Morgan fingerprint density at radius 3 is 2.41 bits per heavy atom. The van der Waals surface area contributed by atoms with Crippen molar-refractivity contribution >= 4 is 35.5 Å². The van der Waals surface area contributed by atoms with Crippen LogP contribution in [0.15, 0.2) is 29.2 Å². The summed E-state index contributed by atoms with van der Waals surface area (Å²) in [5.41, 5.74) is -0.110. The Hall–Kier alpha value is -2.74. The Balaban J connectivity index is 2.63. The van der Waals surface area contributed by atoms with Gasteiger partial charge in [-0.1, -0.05) is 25.5 Å². The van der Waals surface area contributed by atoms with Crippen LogP contribution in [0, 0.1) is 10.1 Å². The highest BCUT2D eigenvalue weighted by molar-refractivity contribution is 7.97. The normalized spacial score (nSPS) is 12.4. The van der Waals surface area contributed by atoms with Crippen molar-refractivity contribution in [2.75, 3.05) is 40.5 Å². The lowest BCUT2D eigenvalue weighted by Gasteiger charge is -2.21. The second-order valence-corrected chi connectivity index (χ2v) is 7.91. The summed E-state index contributed by atoms with van der Waals surface area (Å²) >= 11 is 0.910. The molecule has 0 amide bonds. The van der Waals surface area contributed by atoms with Gasteiger partial charge in [0.05, 0.1) is 32.2 Å². The number of hydrogen-bond donors (Lipinski definition) is 3. The van der Waals surface area contributed by atoms with E-state index in [2.05, 4.69) is 15.4 Å². The number of rotatable bonds is 17. The third kappa shape index (κ3) is 10.9. The Bertz CT molecular complexity index is 811. The second-order valence-electron chi connectivity index (χ2n) is 7.03. The molecule has 0 aliphatic carbocycles. The van der Waals surface area contributed by atoms with Crippen molar-refractivity contribution in [2.45, 2.75) is 43.2 Å². The third-order valence-corrected chi connectivity index (χ3v) is 5.50. The molecule has 0 spiro atoms. The first-order chi connectivity index (χ1) is 16.3. The van der Waals surface area contributed by atoms with E-state index in [-0.39, 0.29) is 31.2 Å². The van der Waals surface area contributed by atoms with Crippen LogP contribution in [0.5, 0.6) is 0 Å². The molecule has 3 N–H and O–H groups in total. The zero-order valence-corrected chi connectivity index (χ0v) is 20.4. The van der Waals surface area contributed by atoms with Crippen molar-refractivity contribution in [1.82, 2.24) is 15.4 Å². The van der Waals surface area contributed by atoms with Gasteiger partial charge in [0, 0.05) is 25.7 Å². The minimum Gasteiger partial charge on any atom is -0.468 e. The fourth-order valence-corrected chi connectivity index (χ4v) is 3.47. The molecule has 0 saturated carbocycles. The minimum atomic E-state index is -0.921. The minimum absolute atomic E-state index is 0.0270. The molecule has 0 aromatic heterocycles. The number of nitro benzene ring substituents is 1. The molecule has 0 bridgehead atoms. The topological polar surface area (TPSA) is 158 Å². The van der Waals surface area contributed by atoms with Crippen LogP contribution >= 0.6 is 11.9 Å². The van der Waals surface area contributed by atoms with Gasteiger partial charge >= 0.3 is 17.9 Å². The first-order valence-electron chi connectivity index (χ1n) is 10.7. The van der Waals surface area contributed by atoms with Gasteiger partial charge in [0.2, 0.25) is 0 Å². The summed E-state index contributed by atoms with van der Waals surface area (Å²) in [7, 11) is 2.45. The molecule has 1 rings (SSSR count). The summed E-state index contributed by atoms with van der Waals surface area (Å²) in [5, 5.41) is 17.1. The van der Waals surface area contributed by atoms with Crippen LogP contribution in [0.3, 0.4) is 0 Å². The van der Waals surface area contributed by atoms with Gasteiger partial charge in [0.1, 0.15) is 17.0 Å². The fourth-order valence-electron chi connectivity index (χ4n) is 2.62. The van der Waals surface area contributed by atoms with Crippen molar-refractivity contribution in [3.05, 3.63) is 34.4 Å². The van der Waals surface area contributed by atoms with Crippen LogP contribution in [0.2, 0.25) is 0 Å². The predicted molar refractivity (Wildman–Crippen MR) is 125 cm³/mol. The number of methoxy groups -OCH3 is 2. The van der Waals surface area contributed by atoms with Crippen LogP contribution in [-0.2, 0) is 28.6 Å². The van der Waals surface area contributed by atoms with Gasteiger partial charge < -0.3 is 24.8 Å². The summed E-state index contributed by atoms with van der Waals surface area (Å²) in [6.45, 7) is 2.79. The Kier molecular flexibility index (Phi) is 14.5. The number of para-hydroxylation sites is 1. The Morgan fingerprint density at radius 2 is 1.76 bits per heavy atom. The number of esters is 3. The lowest BCUT2D eigenvalue weighted by molar-refractivity contribution is -0.387. The molecular formula is C21H32N4O8S. The van der Waals surface area contributed by atoms with Crippen LogP contribution in [-0.4, -0.2) is 75.4 Å². The average Bonchev–Trinajstić information content (AvgIpc) is 2.84. The van der Waals surface area contributed by atoms with Crippen molar-refractivity contribution in [1.29, 1.82) is 0 Å². The second kappa shape index (κ2) is 16.8. The molecule has 0 heterocycles. The van der Waals surface area contributed by atoms with Crippen molar-refractivity contribution in [3.8, 4) is 0 Å². The van der Waals surface area contributed by atoms with E-state index >= 15 is 0 Å². The summed E-state index contributed by atoms with van der Waals surface area (Å²) in [4.78, 5) is 47.0. The van der Waals surface area contributed by atoms with Gasteiger partial charge in [-0.05, 0) is 24.4 Å². The summed E-state index contributed by atoms with van der Waals surface area (Å²) in [6, 6.07) is 4.35. The molecule has 34 heavy (non-hydrogen) atoms. The highest BCUT2D eigenvalue weighted by Gasteiger charge is 2.25. The van der Waals surface area contributed by atoms with Crippen LogP contribution in [0.25, 0.3) is 0 Å². The third-order valence-electron chi connectivity index (χ3n) is 4.53. The largest absolute Gasteiger partial charge is 0.468 e. The lowest BCUT2D eigenvalue weighted by Crippen LogP contribution is -2.51. The number of ether oxygens (including phenoxy) is 3. The highest BCUT2D eigenvalue weighted by Crippen LogP contribution is 2.26. The number of benzene rings is 1. The molecule has 2 unspecified atom stereocenters. The van der Waals surface area contributed by atoms with E-state index in [9.17, 15) is 24.5 Å². The number of nitrogens with one attached hydrogen (secondary N) is 3. The van der Waals surface area contributed by atoms with Crippen LogP contribution in [0.4, 0.5) is 5.69 Å². The number of hydrogen-bond acceptors (Lipinski definition) is 12. The molecule has 0 radical (unpaired) electrons. The molecular weight excluding hydrogens is 468 g/mol. The van der Waals surface area contributed by atoms with E-state index in [0.717, 1.165) is 24.8 Å². The van der Waals surface area contributed by atoms with Gasteiger partial charge in [-0.25, -0.2) is 4.72 Å². The molecule has 0 fully saturated rings. The number of carbonyl (C=O) groups is 3. The summed E-state index contributed by atoms with van der Waals surface area (Å²) in [6.07, 6.45) is 1.88. The van der Waals surface area contributed by atoms with E-state index in [1.54, 1.807) is 18.2 Å². The van der Waals surface area contributed by atoms with Gasteiger partial charge in [0.15, 0.2) is 0 Å². The van der Waals surface area contributed by atoms with Crippen LogP contribution in [0.1, 0.15) is 26.2 Å². The fraction of sp³-hybridized carbons (Fsp3) is 0.571. The van der Waals surface area contributed by atoms with E-state index < -0.39 is 28.9 Å². The molecule has 0 aliphatic rings. The maximum Gasteiger partial charge on any atom is 0.325 e. The molecule has 1 aromatic carbocycles. The highest BCUT2D eigenvalue weighted by atomic mass is 32.2. The maximum absolute atomic E-state index is 12.2. The Morgan fingerprint density at radius 1 is 1.09 bits per heavy atom. The molecule has 190 valence electrons. The smallest absolute Gasteiger partial charge is 0.325 e. The first-order valence-corrected chi connectivity index (χ1v) is 11.6. The van der Waals surface area contributed by atoms with E-state index in [0.29, 0.717) is 18.0 Å². The zero-order valence-electron chi connectivity index (χ0n) is 19.5. The van der Waals surface area contributed by atoms with E-state index in [4.69, 9.17) is 14.2 Å². The zero-order chi connectivity index (χ0) is 25.3. The number of nitro groups is 1. The summed E-state index contributed by atoms with van der Waals surface area (Å²) < 4.78 is 17.5. The van der Waals surface area contributed by atoms with E-state index in [1.165, 1.54) is 20.3 Å². The predicted octanol–water partition coefficient (Wildman–Crippen LogP) is 1.19. The molecule has 13 heteroatoms. The quantitative estimate of drug-likeness (QED) is 0.0701. The van der Waals surface area contributed by atoms with Crippen LogP contribution < -0.4 is 15.4 Å². The summed E-state index contributed by atoms with van der Waals surface area (Å²) in [5.74, 6) is -1.51. The average molecular weight is 501 g/mol. The van der Waals surface area contributed by atoms with Crippen molar-refractivity contribution < 1.29 is 33.5 Å². The van der Waals surface area contributed by atoms with Crippen molar-refractivity contribution in [2.24, 2.45) is 0 Å².